The summed E-state index contributed by atoms with van der Waals surface area (Å²) in [6, 6.07) is 12.5. The second kappa shape index (κ2) is 7.21. The van der Waals surface area contributed by atoms with Crippen LogP contribution in [0.2, 0.25) is 0 Å². The maximum absolute atomic E-state index is 9.50. The van der Waals surface area contributed by atoms with E-state index in [0.29, 0.717) is 6.10 Å². The molecule has 3 N–H and O–H groups in total. The Bertz CT molecular complexity index is 768. The molecule has 4 atom stereocenters. The summed E-state index contributed by atoms with van der Waals surface area (Å²) in [7, 11) is 0. The van der Waals surface area contributed by atoms with Gasteiger partial charge < -0.3 is 15.6 Å². The fourth-order valence-electron chi connectivity index (χ4n) is 4.94. The first-order valence-corrected chi connectivity index (χ1v) is 10.2. The number of hydrogen-bond acceptors (Lipinski definition) is 3. The van der Waals surface area contributed by atoms with Crippen molar-refractivity contribution < 1.29 is 9.84 Å². The molecular formula is C23H31NO2. The highest BCUT2D eigenvalue weighted by atomic mass is 16.5. The molecular weight excluding hydrogens is 322 g/mol. The lowest BCUT2D eigenvalue weighted by molar-refractivity contribution is 0.0278. The van der Waals surface area contributed by atoms with Crippen molar-refractivity contribution in [2.45, 2.75) is 63.5 Å². The van der Waals surface area contributed by atoms with Crippen molar-refractivity contribution in [2.24, 2.45) is 17.6 Å². The van der Waals surface area contributed by atoms with Crippen molar-refractivity contribution in [3.05, 3.63) is 42.0 Å². The number of ether oxygens (including phenoxy) is 1. The number of hydrogen-bond donors (Lipinski definition) is 2. The van der Waals surface area contributed by atoms with Gasteiger partial charge in [-0.1, -0.05) is 37.5 Å². The molecule has 0 radical (unpaired) electrons. The van der Waals surface area contributed by atoms with Crippen LogP contribution in [0, 0.1) is 11.8 Å². The third-order valence-corrected chi connectivity index (χ3v) is 6.60. The van der Waals surface area contributed by atoms with Gasteiger partial charge in [0, 0.05) is 0 Å². The van der Waals surface area contributed by atoms with Crippen molar-refractivity contribution in [3.63, 3.8) is 0 Å². The fourth-order valence-corrected chi connectivity index (χ4v) is 4.94. The highest BCUT2D eigenvalue weighted by Crippen LogP contribution is 2.42. The first-order valence-electron chi connectivity index (χ1n) is 10.2. The van der Waals surface area contributed by atoms with Crippen LogP contribution >= 0.6 is 0 Å². The molecule has 2 aromatic rings. The maximum atomic E-state index is 9.50. The van der Waals surface area contributed by atoms with Gasteiger partial charge >= 0.3 is 0 Å². The molecule has 0 aromatic heterocycles. The largest absolute Gasteiger partial charge is 0.490 e. The Morgan fingerprint density at radius 1 is 1.00 bits per heavy atom. The lowest BCUT2D eigenvalue weighted by Gasteiger charge is -2.41. The molecule has 0 aliphatic heterocycles. The summed E-state index contributed by atoms with van der Waals surface area (Å²) in [5.74, 6) is 2.61. The van der Waals surface area contributed by atoms with Gasteiger partial charge in [0.2, 0.25) is 0 Å². The van der Waals surface area contributed by atoms with Crippen molar-refractivity contribution in [3.8, 4) is 5.75 Å². The third-order valence-electron chi connectivity index (χ3n) is 6.60. The predicted octanol–water partition coefficient (Wildman–Crippen LogP) is 4.74. The summed E-state index contributed by atoms with van der Waals surface area (Å²) in [5, 5.41) is 11.8. The molecule has 0 heterocycles. The quantitative estimate of drug-likeness (QED) is 0.834. The third kappa shape index (κ3) is 3.47. The Hall–Kier alpha value is -1.58. The number of aliphatic hydroxyl groups is 1. The molecule has 0 bridgehead atoms. The summed E-state index contributed by atoms with van der Waals surface area (Å²) in [6.07, 6.45) is 9.78. The average Bonchev–Trinajstić information content (AvgIpc) is 2.68. The zero-order valence-corrected chi connectivity index (χ0v) is 15.8. The smallest absolute Gasteiger partial charge is 0.120 e. The molecule has 0 saturated heterocycles. The molecule has 2 saturated carbocycles. The van der Waals surface area contributed by atoms with Crippen LogP contribution in [0.1, 0.15) is 57.4 Å². The van der Waals surface area contributed by atoms with E-state index in [1.165, 1.54) is 44.9 Å². The lowest BCUT2D eigenvalue weighted by atomic mass is 9.69. The van der Waals surface area contributed by atoms with E-state index >= 15 is 0 Å². The SMILES string of the molecule is C[C@](N)(CO)c1ccc2cc(OC3CCCC4CCCCC43)ccc2c1. The first kappa shape index (κ1) is 17.8. The molecule has 0 amide bonds. The van der Waals surface area contributed by atoms with Crippen LogP contribution in [0.5, 0.6) is 5.75 Å². The minimum Gasteiger partial charge on any atom is -0.490 e. The monoisotopic (exact) mass is 353 g/mol. The van der Waals surface area contributed by atoms with Crippen molar-refractivity contribution >= 4 is 10.8 Å². The summed E-state index contributed by atoms with van der Waals surface area (Å²) in [5.41, 5.74) is 6.42. The van der Waals surface area contributed by atoms with Gasteiger partial charge in [0.1, 0.15) is 11.9 Å². The van der Waals surface area contributed by atoms with Gasteiger partial charge in [0.05, 0.1) is 12.1 Å². The van der Waals surface area contributed by atoms with Crippen LogP contribution in [0.15, 0.2) is 36.4 Å². The predicted molar refractivity (Wildman–Crippen MR) is 106 cm³/mol. The van der Waals surface area contributed by atoms with Crippen LogP contribution in [-0.4, -0.2) is 17.8 Å². The average molecular weight is 354 g/mol. The van der Waals surface area contributed by atoms with E-state index < -0.39 is 5.54 Å². The van der Waals surface area contributed by atoms with Crippen molar-refractivity contribution in [2.75, 3.05) is 6.61 Å². The normalized spacial score (nSPS) is 28.3. The Labute approximate surface area is 156 Å². The molecule has 3 heteroatoms. The number of benzene rings is 2. The first-order chi connectivity index (χ1) is 12.6. The molecule has 0 spiro atoms. The second-order valence-corrected chi connectivity index (χ2v) is 8.59. The minimum absolute atomic E-state index is 0.0655. The standard InChI is InChI=1S/C23H31NO2/c1-23(24,15-25)19-11-9-18-14-20(12-10-17(18)13-19)26-22-8-4-6-16-5-2-3-7-21(16)22/h9-14,16,21-22,25H,2-8,15,24H2,1H3/t16?,21?,22?,23-/m0/s1. The van der Waals surface area contributed by atoms with E-state index in [-0.39, 0.29) is 6.61 Å². The van der Waals surface area contributed by atoms with Crippen molar-refractivity contribution in [1.29, 1.82) is 0 Å². The lowest BCUT2D eigenvalue weighted by Crippen LogP contribution is -2.38. The summed E-state index contributed by atoms with van der Waals surface area (Å²) >= 11 is 0. The minimum atomic E-state index is -0.707. The van der Waals surface area contributed by atoms with Crippen LogP contribution < -0.4 is 10.5 Å². The maximum Gasteiger partial charge on any atom is 0.120 e. The zero-order chi connectivity index (χ0) is 18.1. The molecule has 3 unspecified atom stereocenters. The molecule has 2 aliphatic carbocycles. The van der Waals surface area contributed by atoms with Gasteiger partial charge in [0.25, 0.3) is 0 Å². The van der Waals surface area contributed by atoms with E-state index in [1.54, 1.807) is 0 Å². The van der Waals surface area contributed by atoms with Crippen LogP contribution in [-0.2, 0) is 5.54 Å². The summed E-state index contributed by atoms with van der Waals surface area (Å²) < 4.78 is 6.49. The highest BCUT2D eigenvalue weighted by molar-refractivity contribution is 5.84. The van der Waals surface area contributed by atoms with Gasteiger partial charge in [0.15, 0.2) is 0 Å². The number of nitrogens with two attached hydrogens (primary N) is 1. The summed E-state index contributed by atoms with van der Waals surface area (Å²) in [4.78, 5) is 0. The van der Waals surface area contributed by atoms with E-state index in [2.05, 4.69) is 30.3 Å². The Morgan fingerprint density at radius 2 is 1.73 bits per heavy atom. The Kier molecular flexibility index (Phi) is 4.94. The Balaban J connectivity index is 1.55. The molecule has 3 nitrogen and oxygen atoms in total. The van der Waals surface area contributed by atoms with Crippen LogP contribution in [0.4, 0.5) is 0 Å². The van der Waals surface area contributed by atoms with Gasteiger partial charge in [-0.3, -0.25) is 0 Å². The zero-order valence-electron chi connectivity index (χ0n) is 15.8. The Morgan fingerprint density at radius 3 is 2.58 bits per heavy atom. The van der Waals surface area contributed by atoms with Gasteiger partial charge in [-0.05, 0) is 79.0 Å². The number of rotatable bonds is 4. The van der Waals surface area contributed by atoms with E-state index in [4.69, 9.17) is 10.5 Å². The second-order valence-electron chi connectivity index (χ2n) is 8.59. The molecule has 2 fully saturated rings. The van der Waals surface area contributed by atoms with E-state index in [1.807, 2.05) is 13.0 Å². The molecule has 4 rings (SSSR count). The topological polar surface area (TPSA) is 55.5 Å². The van der Waals surface area contributed by atoms with Crippen LogP contribution in [0.25, 0.3) is 10.8 Å². The molecule has 2 aromatic carbocycles. The molecule has 2 aliphatic rings. The van der Waals surface area contributed by atoms with E-state index in [0.717, 1.165) is 33.9 Å². The van der Waals surface area contributed by atoms with Gasteiger partial charge in [-0.15, -0.1) is 0 Å². The molecule has 140 valence electrons. The highest BCUT2D eigenvalue weighted by Gasteiger charge is 2.36. The van der Waals surface area contributed by atoms with Gasteiger partial charge in [-0.2, -0.15) is 0 Å². The fraction of sp³-hybridized carbons (Fsp3) is 0.565. The van der Waals surface area contributed by atoms with E-state index in [9.17, 15) is 5.11 Å². The molecule has 26 heavy (non-hydrogen) atoms. The summed E-state index contributed by atoms with van der Waals surface area (Å²) in [6.45, 7) is 1.79. The van der Waals surface area contributed by atoms with Crippen LogP contribution in [0.3, 0.4) is 0 Å². The van der Waals surface area contributed by atoms with Crippen molar-refractivity contribution in [1.82, 2.24) is 0 Å². The number of fused-ring (bicyclic) bond motifs is 2. The number of aliphatic hydroxyl groups excluding tert-OH is 1. The van der Waals surface area contributed by atoms with Gasteiger partial charge in [-0.25, -0.2) is 0 Å².